The molecular formula is C31H38Cl2NOSiZr. The summed E-state index contributed by atoms with van der Waals surface area (Å²) in [4.78, 5) is 13.4. The minimum atomic E-state index is -2.54. The molecule has 1 atom stereocenters. The smallest absolute Gasteiger partial charge is 1.00 e. The van der Waals surface area contributed by atoms with Crippen molar-refractivity contribution < 1.29 is 50.8 Å². The Labute approximate surface area is 244 Å². The second-order valence-corrected chi connectivity index (χ2v) is 24.1. The standard InChI is InChI=1S/C12H11Si.C10H21NO.C9H7.2ClH.Zr/c1-3-7-11(8-4-1)13-12-9-5-2-6-10-12;1-2-3-4-5-6-7-8-9-10(11)12;1-2-5-9-7-3-6-8(9)4-1;;;/h1-10,13H;2-9H2,1H3,(H2,11,12);1-7H;2*1H;/q;;;;;+3/p-3. The van der Waals surface area contributed by atoms with Crippen LogP contribution in [0.5, 0.6) is 0 Å². The van der Waals surface area contributed by atoms with Gasteiger partial charge < -0.3 is 24.8 Å². The van der Waals surface area contributed by atoms with Crippen LogP contribution in [-0.2, 0) is 26.0 Å². The average molecular weight is 631 g/mol. The van der Waals surface area contributed by atoms with Crippen molar-refractivity contribution in [1.82, 2.24) is 3.26 Å². The van der Waals surface area contributed by atoms with E-state index < -0.39 is 27.1 Å². The molecule has 1 amide bonds. The molecule has 1 aliphatic rings. The zero-order chi connectivity index (χ0) is 24.3. The third-order valence-corrected chi connectivity index (χ3v) is 26.5. The van der Waals surface area contributed by atoms with Gasteiger partial charge in [0.2, 0.25) is 0 Å². The van der Waals surface area contributed by atoms with Gasteiger partial charge in [-0.05, 0) is 0 Å². The molecule has 0 heterocycles. The number of allylic oxidation sites excluding steroid dienone is 1. The molecule has 0 saturated heterocycles. The number of halogens is 2. The maximum absolute atomic E-state index is 13.4. The number of carbonyl (C=O) groups is 1. The number of hydrogen-bond acceptors (Lipinski definition) is 1. The van der Waals surface area contributed by atoms with Crippen molar-refractivity contribution in [3.8, 4) is 0 Å². The van der Waals surface area contributed by atoms with Gasteiger partial charge >= 0.3 is 222 Å². The van der Waals surface area contributed by atoms with Gasteiger partial charge in [-0.3, -0.25) is 0 Å². The maximum Gasteiger partial charge on any atom is -1.00 e. The molecule has 2 nitrogen and oxygen atoms in total. The molecule has 0 saturated carbocycles. The molecule has 0 aliphatic heterocycles. The van der Waals surface area contributed by atoms with E-state index in [1.54, 1.807) is 0 Å². The van der Waals surface area contributed by atoms with E-state index in [2.05, 4.69) is 107 Å². The minimum Gasteiger partial charge on any atom is -1.00 e. The van der Waals surface area contributed by atoms with E-state index in [1.165, 1.54) is 60.0 Å². The van der Waals surface area contributed by atoms with Crippen LogP contribution in [0.4, 0.5) is 0 Å². The Morgan fingerprint density at radius 2 is 1.30 bits per heavy atom. The van der Waals surface area contributed by atoms with Gasteiger partial charge in [-0.2, -0.15) is 0 Å². The predicted molar refractivity (Wildman–Crippen MR) is 148 cm³/mol. The Morgan fingerprint density at radius 1 is 0.757 bits per heavy atom. The molecule has 0 radical (unpaired) electrons. The van der Waals surface area contributed by atoms with Crippen molar-refractivity contribution in [3.05, 3.63) is 102 Å². The number of benzene rings is 3. The average Bonchev–Trinajstić information content (AvgIpc) is 3.33. The fourth-order valence-electron chi connectivity index (χ4n) is 5.16. The van der Waals surface area contributed by atoms with Gasteiger partial charge in [0.15, 0.2) is 0 Å². The monoisotopic (exact) mass is 628 g/mol. The molecule has 3 aromatic carbocycles. The Hall–Kier alpha value is -1.45. The van der Waals surface area contributed by atoms with Gasteiger partial charge in [0.05, 0.1) is 0 Å². The van der Waals surface area contributed by atoms with E-state index in [1.807, 2.05) is 0 Å². The summed E-state index contributed by atoms with van der Waals surface area (Å²) in [6.07, 6.45) is 14.0. The van der Waals surface area contributed by atoms with Crippen LogP contribution < -0.4 is 38.4 Å². The van der Waals surface area contributed by atoms with Gasteiger partial charge in [0.25, 0.3) is 0 Å². The number of unbranched alkanes of at least 4 members (excludes halogenated alkanes) is 6. The van der Waals surface area contributed by atoms with Crippen molar-refractivity contribution in [2.45, 2.75) is 61.9 Å². The van der Waals surface area contributed by atoms with Gasteiger partial charge in [-0.15, -0.1) is 0 Å². The van der Waals surface area contributed by atoms with Gasteiger partial charge in [-0.1, -0.05) is 0 Å². The SMILES string of the molecule is CCCCCCCCCC(=O)[NH][Zr+2]([CH]1C=Cc2ccccc21)[SiH](c1ccccc1)c1ccccc1.[Cl-].[Cl-]. The fraction of sp³-hybridized carbons (Fsp3) is 0.323. The number of fused-ring (bicyclic) bond motifs is 1. The van der Waals surface area contributed by atoms with E-state index >= 15 is 0 Å². The summed E-state index contributed by atoms with van der Waals surface area (Å²) in [6, 6.07) is 30.9. The van der Waals surface area contributed by atoms with Crippen LogP contribution in [0.15, 0.2) is 91.0 Å². The molecular weight excluding hydrogens is 593 g/mol. The van der Waals surface area contributed by atoms with Crippen molar-refractivity contribution in [3.63, 3.8) is 0 Å². The molecule has 3 aromatic rings. The van der Waals surface area contributed by atoms with E-state index in [-0.39, 0.29) is 30.7 Å². The molecule has 0 spiro atoms. The first-order chi connectivity index (χ1) is 17.3. The molecule has 195 valence electrons. The zero-order valence-corrected chi connectivity index (χ0v) is 26.8. The van der Waals surface area contributed by atoms with E-state index in [0.29, 0.717) is 10.0 Å². The molecule has 37 heavy (non-hydrogen) atoms. The molecule has 1 N–H and O–H groups in total. The number of amides is 1. The second-order valence-electron chi connectivity index (χ2n) is 9.59. The first-order valence-corrected chi connectivity index (χ1v) is 21.9. The summed E-state index contributed by atoms with van der Waals surface area (Å²) in [6.45, 7) is 2.26. The van der Waals surface area contributed by atoms with Crippen LogP contribution in [0.2, 0.25) is 0 Å². The molecule has 6 heteroatoms. The van der Waals surface area contributed by atoms with E-state index in [9.17, 15) is 4.79 Å². The molecule has 1 unspecified atom stereocenters. The molecule has 4 rings (SSSR count). The fourth-order valence-corrected chi connectivity index (χ4v) is 26.2. The summed E-state index contributed by atoms with van der Waals surface area (Å²) < 4.78 is 4.17. The van der Waals surface area contributed by atoms with Crippen molar-refractivity contribution in [1.29, 1.82) is 0 Å². The Balaban J connectivity index is 0.00000241. The van der Waals surface area contributed by atoms with Crippen molar-refractivity contribution in [2.24, 2.45) is 0 Å². The molecule has 1 aliphatic carbocycles. The second kappa shape index (κ2) is 17.2. The number of rotatable bonds is 13. The topological polar surface area (TPSA) is 29.1 Å². The first kappa shape index (κ1) is 31.8. The number of nitrogens with one attached hydrogen (secondary N) is 1. The minimum absolute atomic E-state index is 0. The van der Waals surface area contributed by atoms with Crippen LogP contribution in [0.1, 0.15) is 73.0 Å². The summed E-state index contributed by atoms with van der Waals surface area (Å²) in [5, 5.41) is 2.92. The predicted octanol–water partition coefficient (Wildman–Crippen LogP) is 0.0908. The third-order valence-electron chi connectivity index (χ3n) is 7.00. The van der Waals surface area contributed by atoms with Crippen LogP contribution in [0, 0.1) is 0 Å². The largest absolute Gasteiger partial charge is 1.00 e. The number of hydrogen-bond donors (Lipinski definition) is 1. The van der Waals surface area contributed by atoms with Crippen LogP contribution in [-0.4, -0.2) is 11.8 Å². The van der Waals surface area contributed by atoms with Crippen LogP contribution in [0.25, 0.3) is 6.08 Å². The Morgan fingerprint density at radius 3 is 1.92 bits per heavy atom. The normalized spacial score (nSPS) is 13.4. The van der Waals surface area contributed by atoms with E-state index in [0.717, 1.165) is 6.42 Å². The van der Waals surface area contributed by atoms with Crippen LogP contribution in [0.3, 0.4) is 0 Å². The summed E-state index contributed by atoms with van der Waals surface area (Å²) in [5.74, 6) is -1.29. The van der Waals surface area contributed by atoms with Crippen molar-refractivity contribution in [2.75, 3.05) is 0 Å². The number of carbonyl (C=O) groups excluding carboxylic acids is 1. The van der Waals surface area contributed by atoms with Crippen molar-refractivity contribution >= 4 is 28.3 Å². The molecule has 0 aromatic heterocycles. The van der Waals surface area contributed by atoms with Crippen LogP contribution >= 0.6 is 0 Å². The zero-order valence-electron chi connectivity index (χ0n) is 21.7. The molecule has 0 fully saturated rings. The summed E-state index contributed by atoms with van der Waals surface area (Å²) in [5.41, 5.74) is 2.74. The van der Waals surface area contributed by atoms with E-state index in [4.69, 9.17) is 0 Å². The van der Waals surface area contributed by atoms with Gasteiger partial charge in [-0.25, -0.2) is 0 Å². The maximum atomic E-state index is 13.4. The summed E-state index contributed by atoms with van der Waals surface area (Å²) >= 11 is -2.54. The first-order valence-electron chi connectivity index (χ1n) is 13.3. The Kier molecular flexibility index (Phi) is 14.8. The summed E-state index contributed by atoms with van der Waals surface area (Å²) in [7, 11) is 0. The molecule has 0 bridgehead atoms. The third kappa shape index (κ3) is 9.06. The Bertz CT molecular complexity index is 1060. The van der Waals surface area contributed by atoms with Gasteiger partial charge in [0.1, 0.15) is 0 Å². The van der Waals surface area contributed by atoms with Gasteiger partial charge in [0, 0.05) is 0 Å². The quantitative estimate of drug-likeness (QED) is 0.211.